The smallest absolute Gasteiger partial charge is 0.410 e. The number of halogens is 2. The SMILES string of the molecule is CCCCCCCCCCCCNC(=O)OCOC1=Nc2cc(OCCCCN3CCN(c4cccc(Cl)c4Cl)CC3)ccc2CC1. The van der Waals surface area contributed by atoms with Gasteiger partial charge in [0.15, 0.2) is 5.90 Å². The van der Waals surface area contributed by atoms with E-state index in [2.05, 4.69) is 33.1 Å². The molecule has 0 spiro atoms. The molecule has 0 aliphatic carbocycles. The summed E-state index contributed by atoms with van der Waals surface area (Å²) in [5, 5.41) is 4.06. The molecule has 47 heavy (non-hydrogen) atoms. The summed E-state index contributed by atoms with van der Waals surface area (Å²) in [4.78, 5) is 21.5. The molecular weight excluding hydrogens is 635 g/mol. The molecule has 0 unspecified atom stereocenters. The Hall–Kier alpha value is -2.68. The van der Waals surface area contributed by atoms with Crippen LogP contribution in [0.3, 0.4) is 0 Å². The standard InChI is InChI=1S/C37H54Cl2N4O4/c1-2-3-4-5-6-7-8-9-10-11-21-40-37(44)47-29-46-35-20-18-30-17-19-31(28-33(30)41-35)45-27-13-12-22-42-23-25-43(26-24-42)34-16-14-15-32(38)36(34)39/h14-17,19,28H,2-13,18,20-27,29H2,1H3,(H,40,44). The van der Waals surface area contributed by atoms with Gasteiger partial charge in [-0.2, -0.15) is 0 Å². The lowest BCUT2D eigenvalue weighted by Gasteiger charge is -2.36. The largest absolute Gasteiger partial charge is 0.494 e. The molecule has 10 heteroatoms. The van der Waals surface area contributed by atoms with Gasteiger partial charge in [-0.1, -0.05) is 100 Å². The zero-order valence-corrected chi connectivity index (χ0v) is 29.8. The minimum absolute atomic E-state index is 0.141. The van der Waals surface area contributed by atoms with Crippen molar-refractivity contribution < 1.29 is 19.0 Å². The van der Waals surface area contributed by atoms with Crippen molar-refractivity contribution in [2.45, 2.75) is 96.8 Å². The quantitative estimate of drug-likeness (QED) is 0.110. The van der Waals surface area contributed by atoms with Crippen molar-refractivity contribution in [3.8, 4) is 5.75 Å². The molecule has 0 radical (unpaired) electrons. The van der Waals surface area contributed by atoms with Gasteiger partial charge < -0.3 is 24.4 Å². The van der Waals surface area contributed by atoms with E-state index in [0.717, 1.165) is 87.5 Å². The van der Waals surface area contributed by atoms with Crippen molar-refractivity contribution in [3.63, 3.8) is 0 Å². The number of hydrogen-bond acceptors (Lipinski definition) is 7. The van der Waals surface area contributed by atoms with Gasteiger partial charge in [-0.05, 0) is 56.0 Å². The molecule has 2 aliphatic rings. The number of anilines is 1. The van der Waals surface area contributed by atoms with Crippen LogP contribution < -0.4 is 15.0 Å². The van der Waals surface area contributed by atoms with Crippen LogP contribution in [0.4, 0.5) is 16.2 Å². The fourth-order valence-corrected chi connectivity index (χ4v) is 6.48. The summed E-state index contributed by atoms with van der Waals surface area (Å²) in [5.41, 5.74) is 3.04. The maximum Gasteiger partial charge on any atom is 0.410 e. The van der Waals surface area contributed by atoms with Crippen molar-refractivity contribution >= 4 is 46.6 Å². The van der Waals surface area contributed by atoms with E-state index in [9.17, 15) is 4.79 Å². The van der Waals surface area contributed by atoms with E-state index in [1.807, 2.05) is 30.3 Å². The minimum Gasteiger partial charge on any atom is -0.494 e. The van der Waals surface area contributed by atoms with Gasteiger partial charge in [-0.3, -0.25) is 4.90 Å². The van der Waals surface area contributed by atoms with Crippen LogP contribution in [0.2, 0.25) is 10.0 Å². The summed E-state index contributed by atoms with van der Waals surface area (Å²) in [7, 11) is 0. The molecule has 1 saturated heterocycles. The van der Waals surface area contributed by atoms with Crippen molar-refractivity contribution in [3.05, 3.63) is 52.0 Å². The van der Waals surface area contributed by atoms with Crippen molar-refractivity contribution in [2.75, 3.05) is 57.6 Å². The third-order valence-electron chi connectivity index (χ3n) is 8.91. The van der Waals surface area contributed by atoms with Gasteiger partial charge in [0, 0.05) is 45.2 Å². The first kappa shape index (κ1) is 37.1. The fraction of sp³-hybridized carbons (Fsp3) is 0.622. The number of piperazine rings is 1. The number of aliphatic imine (C=N–C) groups is 1. The molecule has 2 heterocycles. The highest BCUT2D eigenvalue weighted by atomic mass is 35.5. The topological polar surface area (TPSA) is 75.6 Å². The number of fused-ring (bicyclic) bond motifs is 1. The maximum absolute atomic E-state index is 12.0. The molecule has 1 amide bonds. The predicted molar refractivity (Wildman–Crippen MR) is 194 cm³/mol. The van der Waals surface area contributed by atoms with E-state index < -0.39 is 6.09 Å². The van der Waals surface area contributed by atoms with E-state index in [-0.39, 0.29) is 6.79 Å². The Balaban J connectivity index is 1.04. The lowest BCUT2D eigenvalue weighted by molar-refractivity contribution is 0.0505. The maximum atomic E-state index is 12.0. The van der Waals surface area contributed by atoms with E-state index in [1.54, 1.807) is 0 Å². The number of nitrogens with one attached hydrogen (secondary N) is 1. The van der Waals surface area contributed by atoms with Crippen LogP contribution in [0.25, 0.3) is 0 Å². The third kappa shape index (κ3) is 13.4. The molecule has 2 aromatic carbocycles. The number of ether oxygens (including phenoxy) is 3. The summed E-state index contributed by atoms with van der Waals surface area (Å²) in [5.74, 6) is 1.39. The lowest BCUT2D eigenvalue weighted by atomic mass is 10.0. The number of alkyl carbamates (subject to hydrolysis) is 1. The van der Waals surface area contributed by atoms with Crippen LogP contribution >= 0.6 is 23.2 Å². The fourth-order valence-electron chi connectivity index (χ4n) is 6.07. The summed E-state index contributed by atoms with van der Waals surface area (Å²) >= 11 is 12.6. The second-order valence-corrected chi connectivity index (χ2v) is 13.3. The van der Waals surface area contributed by atoms with E-state index in [0.29, 0.717) is 35.5 Å². The first-order valence-electron chi connectivity index (χ1n) is 17.8. The highest BCUT2D eigenvalue weighted by molar-refractivity contribution is 6.43. The van der Waals surface area contributed by atoms with Crippen LogP contribution in [-0.2, 0) is 15.9 Å². The highest BCUT2D eigenvalue weighted by Crippen LogP contribution is 2.33. The van der Waals surface area contributed by atoms with Crippen LogP contribution in [0, 0.1) is 0 Å². The Labute approximate surface area is 292 Å². The van der Waals surface area contributed by atoms with Gasteiger partial charge in [-0.25, -0.2) is 9.79 Å². The molecule has 2 aliphatic heterocycles. The van der Waals surface area contributed by atoms with Gasteiger partial charge in [0.25, 0.3) is 0 Å². The van der Waals surface area contributed by atoms with Gasteiger partial charge in [0.2, 0.25) is 6.79 Å². The first-order valence-corrected chi connectivity index (χ1v) is 18.6. The molecule has 0 saturated carbocycles. The van der Waals surface area contributed by atoms with Gasteiger partial charge in [-0.15, -0.1) is 0 Å². The second kappa shape index (κ2) is 21.3. The van der Waals surface area contributed by atoms with Gasteiger partial charge in [0.1, 0.15) is 5.75 Å². The van der Waals surface area contributed by atoms with E-state index in [4.69, 9.17) is 37.4 Å². The molecule has 0 bridgehead atoms. The molecule has 260 valence electrons. The molecule has 2 aromatic rings. The molecule has 8 nitrogen and oxygen atoms in total. The van der Waals surface area contributed by atoms with Crippen molar-refractivity contribution in [1.82, 2.24) is 10.2 Å². The monoisotopic (exact) mass is 688 g/mol. The molecular formula is C37H54Cl2N4O4. The molecule has 0 atom stereocenters. The number of nitrogens with zero attached hydrogens (tertiary/aromatic N) is 3. The van der Waals surface area contributed by atoms with Crippen LogP contribution in [-0.4, -0.2) is 69.6 Å². The van der Waals surface area contributed by atoms with Crippen LogP contribution in [0.1, 0.15) is 96.0 Å². The number of amides is 1. The Bertz CT molecular complexity index is 1250. The minimum atomic E-state index is -0.446. The number of carbonyl (C=O) groups excluding carboxylic acids is 1. The number of rotatable bonds is 20. The number of benzene rings is 2. The number of unbranched alkanes of at least 4 members (excludes halogenated alkanes) is 10. The second-order valence-electron chi connectivity index (χ2n) is 12.6. The zero-order chi connectivity index (χ0) is 33.1. The summed E-state index contributed by atoms with van der Waals surface area (Å²) in [6.07, 6.45) is 15.8. The van der Waals surface area contributed by atoms with Gasteiger partial charge in [0.05, 0.1) is 28.0 Å². The molecule has 0 aromatic heterocycles. The molecule has 1 fully saturated rings. The Morgan fingerprint density at radius 3 is 2.36 bits per heavy atom. The van der Waals surface area contributed by atoms with Gasteiger partial charge >= 0.3 is 6.09 Å². The van der Waals surface area contributed by atoms with Crippen molar-refractivity contribution in [2.24, 2.45) is 4.99 Å². The Kier molecular flexibility index (Phi) is 16.9. The summed E-state index contributed by atoms with van der Waals surface area (Å²) < 4.78 is 16.9. The number of hydrogen-bond donors (Lipinski definition) is 1. The zero-order valence-electron chi connectivity index (χ0n) is 28.3. The third-order valence-corrected chi connectivity index (χ3v) is 9.72. The van der Waals surface area contributed by atoms with Crippen molar-refractivity contribution in [1.29, 1.82) is 0 Å². The molecule has 1 N–H and O–H groups in total. The average Bonchev–Trinajstić information content (AvgIpc) is 3.08. The summed E-state index contributed by atoms with van der Waals surface area (Å²) in [6.45, 7) is 8.34. The van der Waals surface area contributed by atoms with E-state index >= 15 is 0 Å². The van der Waals surface area contributed by atoms with E-state index in [1.165, 1.54) is 51.4 Å². The first-order chi connectivity index (χ1) is 23.0. The van der Waals surface area contributed by atoms with Crippen LogP contribution in [0.5, 0.6) is 5.75 Å². The number of aryl methyl sites for hydroxylation is 1. The molecule has 4 rings (SSSR count). The normalized spacial score (nSPS) is 14.8. The highest BCUT2D eigenvalue weighted by Gasteiger charge is 2.20. The Morgan fingerprint density at radius 2 is 1.60 bits per heavy atom. The number of carbonyl (C=O) groups is 1. The predicted octanol–water partition coefficient (Wildman–Crippen LogP) is 9.57. The summed E-state index contributed by atoms with van der Waals surface area (Å²) in [6, 6.07) is 11.9. The lowest BCUT2D eigenvalue weighted by Crippen LogP contribution is -2.46. The average molecular weight is 690 g/mol. The Morgan fingerprint density at radius 1 is 0.851 bits per heavy atom. The van der Waals surface area contributed by atoms with Crippen LogP contribution in [0.15, 0.2) is 41.4 Å².